The number of thioether (sulfide) groups is 1. The minimum atomic E-state index is -0.423. The maximum absolute atomic E-state index is 12.9. The van der Waals surface area contributed by atoms with Crippen LogP contribution in [0, 0.1) is 5.82 Å². The Labute approximate surface area is 121 Å². The fraction of sp³-hybridized carbons (Fsp3) is 0.429. The topological polar surface area (TPSA) is 72.2 Å². The van der Waals surface area contributed by atoms with Gasteiger partial charge in [0.25, 0.3) is 0 Å². The lowest BCUT2D eigenvalue weighted by molar-refractivity contribution is -0.118. The molecule has 0 spiro atoms. The second kappa shape index (κ2) is 6.26. The van der Waals surface area contributed by atoms with Crippen LogP contribution < -0.4 is 11.1 Å². The average molecular weight is 296 g/mol. The highest BCUT2D eigenvalue weighted by atomic mass is 32.2. The van der Waals surface area contributed by atoms with E-state index in [2.05, 4.69) is 5.32 Å². The summed E-state index contributed by atoms with van der Waals surface area (Å²) in [5.74, 6) is -0.410. The summed E-state index contributed by atoms with van der Waals surface area (Å²) in [6, 6.07) is 6.44. The van der Waals surface area contributed by atoms with Gasteiger partial charge in [0.1, 0.15) is 5.82 Å². The highest BCUT2D eigenvalue weighted by Gasteiger charge is 2.44. The van der Waals surface area contributed by atoms with Crippen LogP contribution in [0.3, 0.4) is 0 Å². The number of hydrogen-bond donors (Lipinski definition) is 2. The summed E-state index contributed by atoms with van der Waals surface area (Å²) in [4.78, 5) is 22.2. The number of hydrogen-bond acceptors (Lipinski definition) is 3. The molecule has 0 radical (unpaired) electrons. The Morgan fingerprint density at radius 1 is 1.25 bits per heavy atom. The van der Waals surface area contributed by atoms with Gasteiger partial charge in [-0.15, -0.1) is 11.8 Å². The van der Waals surface area contributed by atoms with Crippen molar-refractivity contribution in [1.82, 2.24) is 5.32 Å². The Balaban J connectivity index is 1.80. The first-order valence-electron chi connectivity index (χ1n) is 6.41. The van der Waals surface area contributed by atoms with Crippen molar-refractivity contribution in [3.63, 3.8) is 0 Å². The molecule has 0 atom stereocenters. The van der Waals surface area contributed by atoms with Crippen LogP contribution >= 0.6 is 11.8 Å². The maximum atomic E-state index is 12.9. The molecule has 3 N–H and O–H groups in total. The van der Waals surface area contributed by atoms with Gasteiger partial charge in [0, 0.05) is 12.0 Å². The molecule has 6 heteroatoms. The largest absolute Gasteiger partial charge is 0.369 e. The first-order valence-corrected chi connectivity index (χ1v) is 7.56. The van der Waals surface area contributed by atoms with Gasteiger partial charge in [0.2, 0.25) is 11.8 Å². The van der Waals surface area contributed by atoms with Crippen molar-refractivity contribution in [3.05, 3.63) is 35.6 Å². The normalized spacial score (nSPS) is 15.7. The molecule has 1 aliphatic rings. The van der Waals surface area contributed by atoms with Gasteiger partial charge in [0.15, 0.2) is 0 Å². The van der Waals surface area contributed by atoms with E-state index in [4.69, 9.17) is 5.73 Å². The average Bonchev–Trinajstić information content (AvgIpc) is 3.18. The molecule has 1 fully saturated rings. The van der Waals surface area contributed by atoms with E-state index in [1.807, 2.05) is 0 Å². The van der Waals surface area contributed by atoms with E-state index in [1.54, 1.807) is 12.1 Å². The van der Waals surface area contributed by atoms with Crippen molar-refractivity contribution in [2.45, 2.75) is 18.3 Å². The van der Waals surface area contributed by atoms with E-state index < -0.39 is 5.91 Å². The number of carbonyl (C=O) groups is 2. The van der Waals surface area contributed by atoms with Crippen LogP contribution in [0.4, 0.5) is 4.39 Å². The van der Waals surface area contributed by atoms with Gasteiger partial charge in [-0.25, -0.2) is 4.39 Å². The van der Waals surface area contributed by atoms with E-state index in [9.17, 15) is 14.0 Å². The molecule has 0 unspecified atom stereocenters. The third kappa shape index (κ3) is 3.96. The number of primary amides is 1. The summed E-state index contributed by atoms with van der Waals surface area (Å²) in [7, 11) is 0. The molecule has 2 rings (SSSR count). The summed E-state index contributed by atoms with van der Waals surface area (Å²) in [5.41, 5.74) is 6.01. The second-order valence-corrected chi connectivity index (χ2v) is 6.01. The van der Waals surface area contributed by atoms with Crippen LogP contribution in [-0.2, 0) is 15.0 Å². The van der Waals surface area contributed by atoms with Crippen LogP contribution in [0.5, 0.6) is 0 Å². The van der Waals surface area contributed by atoms with Crippen molar-refractivity contribution in [1.29, 1.82) is 0 Å². The molecule has 2 amide bonds. The molecule has 0 aromatic heterocycles. The summed E-state index contributed by atoms with van der Waals surface area (Å²) < 4.78 is 12.9. The molecule has 0 heterocycles. The summed E-state index contributed by atoms with van der Waals surface area (Å²) in [5, 5.41) is 2.87. The van der Waals surface area contributed by atoms with Gasteiger partial charge in [-0.05, 0) is 30.5 Å². The van der Waals surface area contributed by atoms with Gasteiger partial charge >= 0.3 is 0 Å². The Kier molecular flexibility index (Phi) is 4.65. The molecule has 0 bridgehead atoms. The van der Waals surface area contributed by atoms with Crippen molar-refractivity contribution < 1.29 is 14.0 Å². The van der Waals surface area contributed by atoms with Crippen LogP contribution in [0.1, 0.15) is 18.4 Å². The molecule has 108 valence electrons. The van der Waals surface area contributed by atoms with Crippen molar-refractivity contribution >= 4 is 23.6 Å². The third-order valence-corrected chi connectivity index (χ3v) is 4.37. The molecular weight excluding hydrogens is 279 g/mol. The van der Waals surface area contributed by atoms with Gasteiger partial charge in [-0.3, -0.25) is 9.59 Å². The number of benzene rings is 1. The minimum absolute atomic E-state index is 0.0439. The molecule has 1 saturated carbocycles. The van der Waals surface area contributed by atoms with Crippen LogP contribution in [-0.4, -0.2) is 29.9 Å². The Hall–Kier alpha value is -1.56. The lowest BCUT2D eigenvalue weighted by Gasteiger charge is -2.16. The molecule has 4 nitrogen and oxygen atoms in total. The van der Waals surface area contributed by atoms with E-state index >= 15 is 0 Å². The number of nitrogens with two attached hydrogens (primary N) is 1. The van der Waals surface area contributed by atoms with Crippen LogP contribution in [0.15, 0.2) is 24.3 Å². The summed E-state index contributed by atoms with van der Waals surface area (Å²) >= 11 is 1.20. The zero-order valence-corrected chi connectivity index (χ0v) is 11.8. The van der Waals surface area contributed by atoms with Crippen LogP contribution in [0.2, 0.25) is 0 Å². The second-order valence-electron chi connectivity index (χ2n) is 5.02. The third-order valence-electron chi connectivity index (χ3n) is 3.41. The fourth-order valence-electron chi connectivity index (χ4n) is 2.08. The Morgan fingerprint density at radius 2 is 1.90 bits per heavy atom. The molecule has 1 aromatic rings. The zero-order chi connectivity index (χ0) is 14.6. The standard InChI is InChI=1S/C14H17FN2O2S/c15-11-3-1-10(2-4-11)14(5-6-14)9-17-13(19)8-20-7-12(16)18/h1-4H,5-9H2,(H2,16,18)(H,17,19). The van der Waals surface area contributed by atoms with Crippen LogP contribution in [0.25, 0.3) is 0 Å². The van der Waals surface area contributed by atoms with Crippen molar-refractivity contribution in [2.24, 2.45) is 5.73 Å². The predicted octanol–water partition coefficient (Wildman–Crippen LogP) is 1.19. The number of carbonyl (C=O) groups excluding carboxylic acids is 2. The number of halogens is 1. The van der Waals surface area contributed by atoms with Crippen molar-refractivity contribution in [3.8, 4) is 0 Å². The molecular formula is C14H17FN2O2S. The summed E-state index contributed by atoms with van der Waals surface area (Å²) in [6.07, 6.45) is 1.99. The van der Waals surface area contributed by atoms with Gasteiger partial charge in [0.05, 0.1) is 11.5 Å². The van der Waals surface area contributed by atoms with E-state index in [-0.39, 0.29) is 28.6 Å². The monoisotopic (exact) mass is 296 g/mol. The maximum Gasteiger partial charge on any atom is 0.230 e. The highest BCUT2D eigenvalue weighted by molar-refractivity contribution is 8.00. The molecule has 0 aliphatic heterocycles. The highest BCUT2D eigenvalue weighted by Crippen LogP contribution is 2.47. The fourth-order valence-corrected chi connectivity index (χ4v) is 2.68. The van der Waals surface area contributed by atoms with Gasteiger partial charge in [-0.2, -0.15) is 0 Å². The lowest BCUT2D eigenvalue weighted by Crippen LogP contribution is -2.33. The Bertz CT molecular complexity index is 500. The number of nitrogens with one attached hydrogen (secondary N) is 1. The predicted molar refractivity (Wildman–Crippen MR) is 76.8 cm³/mol. The quantitative estimate of drug-likeness (QED) is 0.794. The SMILES string of the molecule is NC(=O)CSCC(=O)NCC1(c2ccc(F)cc2)CC1. The van der Waals surface area contributed by atoms with E-state index in [1.165, 1.54) is 23.9 Å². The first-order chi connectivity index (χ1) is 9.52. The molecule has 20 heavy (non-hydrogen) atoms. The molecule has 1 aliphatic carbocycles. The molecule has 1 aromatic carbocycles. The molecule has 0 saturated heterocycles. The number of amides is 2. The van der Waals surface area contributed by atoms with Gasteiger partial charge < -0.3 is 11.1 Å². The summed E-state index contributed by atoms with van der Waals surface area (Å²) in [6.45, 7) is 0.550. The smallest absolute Gasteiger partial charge is 0.230 e. The lowest BCUT2D eigenvalue weighted by atomic mass is 9.96. The van der Waals surface area contributed by atoms with E-state index in [0.717, 1.165) is 18.4 Å². The van der Waals surface area contributed by atoms with E-state index in [0.29, 0.717) is 6.54 Å². The minimum Gasteiger partial charge on any atom is -0.369 e. The number of rotatable bonds is 7. The first kappa shape index (κ1) is 14.8. The van der Waals surface area contributed by atoms with Crippen molar-refractivity contribution in [2.75, 3.05) is 18.1 Å². The Morgan fingerprint density at radius 3 is 2.45 bits per heavy atom. The van der Waals surface area contributed by atoms with Gasteiger partial charge in [-0.1, -0.05) is 12.1 Å². The zero-order valence-electron chi connectivity index (χ0n) is 11.0.